The Kier molecular flexibility index (Phi) is 4.18. The second kappa shape index (κ2) is 4.95. The molecular weight excluding hydrogens is 277 g/mol. The maximum absolute atomic E-state index is 4.27. The molecule has 0 aliphatic rings. The summed E-state index contributed by atoms with van der Waals surface area (Å²) in [6.07, 6.45) is 2.06. The summed E-state index contributed by atoms with van der Waals surface area (Å²) in [5.41, 5.74) is 1.28. The molecule has 0 fully saturated rings. The van der Waals surface area contributed by atoms with E-state index in [0.29, 0.717) is 5.92 Å². The van der Waals surface area contributed by atoms with Crippen molar-refractivity contribution in [2.75, 3.05) is 6.54 Å². The van der Waals surface area contributed by atoms with Crippen molar-refractivity contribution in [1.82, 2.24) is 15.1 Å². The van der Waals surface area contributed by atoms with Crippen LogP contribution in [0, 0.1) is 9.62 Å². The van der Waals surface area contributed by atoms with Gasteiger partial charge in [0.1, 0.15) is 3.70 Å². The summed E-state index contributed by atoms with van der Waals surface area (Å²) in [6.45, 7) is 6.40. The second-order valence-corrected chi connectivity index (χ2v) is 4.67. The summed E-state index contributed by atoms with van der Waals surface area (Å²) in [7, 11) is 1.95. The first-order valence-corrected chi connectivity index (χ1v) is 5.56. The van der Waals surface area contributed by atoms with Crippen molar-refractivity contribution in [2.45, 2.75) is 20.4 Å². The van der Waals surface area contributed by atoms with E-state index in [-0.39, 0.29) is 0 Å². The van der Waals surface area contributed by atoms with Gasteiger partial charge in [-0.05, 0) is 35.1 Å². The Morgan fingerprint density at radius 3 is 2.77 bits per heavy atom. The van der Waals surface area contributed by atoms with E-state index in [1.165, 1.54) is 5.56 Å². The van der Waals surface area contributed by atoms with Crippen molar-refractivity contribution in [2.24, 2.45) is 13.0 Å². The SMILES string of the molecule is CC(C)CNCc1cn(C)nc1I. The minimum absolute atomic E-state index is 0.703. The molecule has 4 heteroatoms. The molecule has 1 rings (SSSR count). The lowest BCUT2D eigenvalue weighted by atomic mass is 10.2. The first kappa shape index (κ1) is 11.0. The van der Waals surface area contributed by atoms with Crippen molar-refractivity contribution in [3.05, 3.63) is 15.5 Å². The molecule has 1 aromatic heterocycles. The van der Waals surface area contributed by atoms with Crippen molar-refractivity contribution in [3.63, 3.8) is 0 Å². The standard InChI is InChI=1S/C9H16IN3/c1-7(2)4-11-5-8-6-13(3)12-9(8)10/h6-7,11H,4-5H2,1-3H3. The van der Waals surface area contributed by atoms with Crippen LogP contribution < -0.4 is 5.32 Å². The van der Waals surface area contributed by atoms with Crippen LogP contribution in [-0.2, 0) is 13.6 Å². The van der Waals surface area contributed by atoms with E-state index in [0.717, 1.165) is 16.8 Å². The van der Waals surface area contributed by atoms with Gasteiger partial charge in [0.05, 0.1) is 0 Å². The highest BCUT2D eigenvalue weighted by molar-refractivity contribution is 14.1. The van der Waals surface area contributed by atoms with Crippen molar-refractivity contribution in [3.8, 4) is 0 Å². The van der Waals surface area contributed by atoms with E-state index in [2.05, 4.69) is 53.1 Å². The molecule has 74 valence electrons. The molecule has 0 saturated carbocycles. The molecule has 0 aliphatic carbocycles. The minimum atomic E-state index is 0.703. The van der Waals surface area contributed by atoms with Gasteiger partial charge in [-0.3, -0.25) is 4.68 Å². The fourth-order valence-electron chi connectivity index (χ4n) is 1.12. The molecule has 0 saturated heterocycles. The largest absolute Gasteiger partial charge is 0.312 e. The fraction of sp³-hybridized carbons (Fsp3) is 0.667. The topological polar surface area (TPSA) is 29.9 Å². The molecule has 0 amide bonds. The molecule has 13 heavy (non-hydrogen) atoms. The molecule has 0 unspecified atom stereocenters. The summed E-state index contributed by atoms with van der Waals surface area (Å²) >= 11 is 2.27. The molecule has 1 heterocycles. The third-order valence-corrected chi connectivity index (χ3v) is 2.63. The monoisotopic (exact) mass is 293 g/mol. The van der Waals surface area contributed by atoms with Gasteiger partial charge in [0.15, 0.2) is 0 Å². The van der Waals surface area contributed by atoms with Crippen LogP contribution in [0.25, 0.3) is 0 Å². The van der Waals surface area contributed by atoms with Gasteiger partial charge in [-0.1, -0.05) is 13.8 Å². The number of aromatic nitrogens is 2. The normalized spacial score (nSPS) is 11.2. The van der Waals surface area contributed by atoms with Crippen molar-refractivity contribution < 1.29 is 0 Å². The summed E-state index contributed by atoms with van der Waals surface area (Å²) in [4.78, 5) is 0. The highest BCUT2D eigenvalue weighted by Gasteiger charge is 2.03. The van der Waals surface area contributed by atoms with Crippen LogP contribution >= 0.6 is 22.6 Å². The Bertz CT molecular complexity index is 268. The lowest BCUT2D eigenvalue weighted by molar-refractivity contribution is 0.551. The van der Waals surface area contributed by atoms with Gasteiger partial charge in [0, 0.05) is 25.4 Å². The molecule has 1 N–H and O–H groups in total. The summed E-state index contributed by atoms with van der Waals surface area (Å²) in [6, 6.07) is 0. The van der Waals surface area contributed by atoms with E-state index >= 15 is 0 Å². The smallest absolute Gasteiger partial charge is 0.127 e. The first-order valence-electron chi connectivity index (χ1n) is 4.48. The lowest BCUT2D eigenvalue weighted by Crippen LogP contribution is -2.19. The van der Waals surface area contributed by atoms with E-state index in [1.807, 2.05) is 11.7 Å². The number of hydrogen-bond acceptors (Lipinski definition) is 2. The Balaban J connectivity index is 2.40. The molecule has 3 nitrogen and oxygen atoms in total. The van der Waals surface area contributed by atoms with Crippen LogP contribution in [0.2, 0.25) is 0 Å². The number of hydrogen-bond donors (Lipinski definition) is 1. The zero-order chi connectivity index (χ0) is 9.84. The van der Waals surface area contributed by atoms with E-state index < -0.39 is 0 Å². The molecule has 0 bridgehead atoms. The van der Waals surface area contributed by atoms with Gasteiger partial charge in [0.2, 0.25) is 0 Å². The third-order valence-electron chi connectivity index (χ3n) is 1.72. The highest BCUT2D eigenvalue weighted by Crippen LogP contribution is 2.08. The van der Waals surface area contributed by atoms with Crippen LogP contribution in [0.5, 0.6) is 0 Å². The van der Waals surface area contributed by atoms with E-state index in [4.69, 9.17) is 0 Å². The van der Waals surface area contributed by atoms with Crippen LogP contribution in [0.3, 0.4) is 0 Å². The van der Waals surface area contributed by atoms with Crippen LogP contribution in [0.4, 0.5) is 0 Å². The average Bonchev–Trinajstić information content (AvgIpc) is 2.29. The summed E-state index contributed by atoms with van der Waals surface area (Å²) in [5, 5.41) is 7.67. The number of rotatable bonds is 4. The third kappa shape index (κ3) is 3.64. The van der Waals surface area contributed by atoms with E-state index in [9.17, 15) is 0 Å². The molecule has 0 aromatic carbocycles. The highest BCUT2D eigenvalue weighted by atomic mass is 127. The quantitative estimate of drug-likeness (QED) is 0.858. The molecule has 1 aromatic rings. The minimum Gasteiger partial charge on any atom is -0.312 e. The van der Waals surface area contributed by atoms with Gasteiger partial charge in [-0.2, -0.15) is 5.10 Å². The number of aryl methyl sites for hydroxylation is 1. The van der Waals surface area contributed by atoms with Gasteiger partial charge in [0.25, 0.3) is 0 Å². The maximum Gasteiger partial charge on any atom is 0.127 e. The van der Waals surface area contributed by atoms with Crippen molar-refractivity contribution >= 4 is 22.6 Å². The fourth-order valence-corrected chi connectivity index (χ4v) is 1.79. The number of nitrogens with one attached hydrogen (secondary N) is 1. The van der Waals surface area contributed by atoms with Crippen LogP contribution in [0.1, 0.15) is 19.4 Å². The molecular formula is C9H16IN3. The Hall–Kier alpha value is -0.100. The van der Waals surface area contributed by atoms with E-state index in [1.54, 1.807) is 0 Å². The molecule has 0 atom stereocenters. The maximum atomic E-state index is 4.27. The average molecular weight is 293 g/mol. The Morgan fingerprint density at radius 2 is 2.31 bits per heavy atom. The van der Waals surface area contributed by atoms with Crippen LogP contribution in [0.15, 0.2) is 6.20 Å². The Morgan fingerprint density at radius 1 is 1.62 bits per heavy atom. The lowest BCUT2D eigenvalue weighted by Gasteiger charge is -2.05. The summed E-state index contributed by atoms with van der Waals surface area (Å²) < 4.78 is 2.95. The Labute approximate surface area is 93.0 Å². The number of nitrogens with zero attached hydrogens (tertiary/aromatic N) is 2. The first-order chi connectivity index (χ1) is 6.09. The van der Waals surface area contributed by atoms with Gasteiger partial charge >= 0.3 is 0 Å². The van der Waals surface area contributed by atoms with Crippen molar-refractivity contribution in [1.29, 1.82) is 0 Å². The van der Waals surface area contributed by atoms with Crippen LogP contribution in [-0.4, -0.2) is 16.3 Å². The predicted molar refractivity (Wildman–Crippen MR) is 62.5 cm³/mol. The zero-order valence-corrected chi connectivity index (χ0v) is 10.5. The van der Waals surface area contributed by atoms with Gasteiger partial charge in [-0.15, -0.1) is 0 Å². The molecule has 0 radical (unpaired) electrons. The summed E-state index contributed by atoms with van der Waals surface area (Å²) in [5.74, 6) is 0.703. The number of halogens is 1. The predicted octanol–water partition coefficient (Wildman–Crippen LogP) is 1.77. The molecule has 0 spiro atoms. The van der Waals surface area contributed by atoms with Gasteiger partial charge < -0.3 is 5.32 Å². The van der Waals surface area contributed by atoms with Gasteiger partial charge in [-0.25, -0.2) is 0 Å². The molecule has 0 aliphatic heterocycles. The second-order valence-electron chi connectivity index (χ2n) is 3.64. The zero-order valence-electron chi connectivity index (χ0n) is 8.34.